The van der Waals surface area contributed by atoms with E-state index < -0.39 is 11.8 Å². The first-order chi connectivity index (χ1) is 11.6. The second-order valence-electron chi connectivity index (χ2n) is 6.70. The molecule has 5 nitrogen and oxygen atoms in total. The molecule has 0 atom stereocenters. The van der Waals surface area contributed by atoms with Gasteiger partial charge in [-0.05, 0) is 50.8 Å². The molecule has 1 fully saturated rings. The topological polar surface area (TPSA) is 61.4 Å². The van der Waals surface area contributed by atoms with Crippen LogP contribution in [0.15, 0.2) is 24.3 Å². The maximum absolute atomic E-state index is 11.6. The summed E-state index contributed by atoms with van der Waals surface area (Å²) in [6.45, 7) is 6.40. The van der Waals surface area contributed by atoms with Crippen molar-refractivity contribution in [2.45, 2.75) is 52.0 Å². The van der Waals surface area contributed by atoms with Gasteiger partial charge in [0.2, 0.25) is 0 Å². The zero-order valence-electron chi connectivity index (χ0n) is 14.8. The molecule has 1 saturated heterocycles. The van der Waals surface area contributed by atoms with Crippen molar-refractivity contribution in [2.24, 2.45) is 0 Å². The van der Waals surface area contributed by atoms with Crippen LogP contribution in [-0.2, 0) is 16.0 Å². The third-order valence-corrected chi connectivity index (χ3v) is 4.23. The van der Waals surface area contributed by atoms with Gasteiger partial charge >= 0.3 is 11.8 Å². The lowest BCUT2D eigenvalue weighted by Gasteiger charge is -2.22. The molecular formula is C19H29N3O2. The van der Waals surface area contributed by atoms with Gasteiger partial charge in [-0.15, -0.1) is 0 Å². The Balaban J connectivity index is 1.77. The van der Waals surface area contributed by atoms with Gasteiger partial charge in [-0.2, -0.15) is 0 Å². The van der Waals surface area contributed by atoms with Gasteiger partial charge in [-0.25, -0.2) is 0 Å². The number of anilines is 1. The van der Waals surface area contributed by atoms with E-state index in [0.29, 0.717) is 6.54 Å². The average Bonchev–Trinajstić information content (AvgIpc) is 2.84. The van der Waals surface area contributed by atoms with Crippen LogP contribution in [0.5, 0.6) is 0 Å². The molecule has 5 heteroatoms. The molecular weight excluding hydrogens is 302 g/mol. The van der Waals surface area contributed by atoms with Gasteiger partial charge in [0.15, 0.2) is 0 Å². The highest BCUT2D eigenvalue weighted by atomic mass is 16.2. The summed E-state index contributed by atoms with van der Waals surface area (Å²) in [6, 6.07) is 8.51. The van der Waals surface area contributed by atoms with E-state index in [1.165, 1.54) is 31.4 Å². The predicted molar refractivity (Wildman–Crippen MR) is 97.1 cm³/mol. The summed E-state index contributed by atoms with van der Waals surface area (Å²) in [4.78, 5) is 25.6. The largest absolute Gasteiger partial charge is 0.372 e. The molecule has 1 aromatic rings. The zero-order chi connectivity index (χ0) is 17.4. The molecule has 2 N–H and O–H groups in total. The van der Waals surface area contributed by atoms with E-state index in [1.54, 1.807) is 0 Å². The highest BCUT2D eigenvalue weighted by Gasteiger charge is 2.13. The summed E-state index contributed by atoms with van der Waals surface area (Å²) in [7, 11) is 0. The van der Waals surface area contributed by atoms with Crippen molar-refractivity contribution in [3.63, 3.8) is 0 Å². The van der Waals surface area contributed by atoms with Gasteiger partial charge in [0, 0.05) is 31.4 Å². The lowest BCUT2D eigenvalue weighted by molar-refractivity contribution is -0.139. The first kappa shape index (κ1) is 18.3. The lowest BCUT2D eigenvalue weighted by atomic mass is 10.1. The van der Waals surface area contributed by atoms with E-state index in [9.17, 15) is 9.59 Å². The summed E-state index contributed by atoms with van der Waals surface area (Å²) in [5.41, 5.74) is 2.44. The molecule has 0 spiro atoms. The second kappa shape index (κ2) is 9.30. The van der Waals surface area contributed by atoms with Crippen LogP contribution < -0.4 is 15.5 Å². The summed E-state index contributed by atoms with van der Waals surface area (Å²) < 4.78 is 0. The number of rotatable bonds is 5. The van der Waals surface area contributed by atoms with Crippen molar-refractivity contribution in [1.82, 2.24) is 10.6 Å². The normalized spacial score (nSPS) is 15.0. The molecule has 1 aliphatic heterocycles. The second-order valence-corrected chi connectivity index (χ2v) is 6.70. The lowest BCUT2D eigenvalue weighted by Crippen LogP contribution is -2.43. The molecule has 1 aliphatic rings. The molecule has 0 saturated carbocycles. The molecule has 132 valence electrons. The Kier molecular flexibility index (Phi) is 7.09. The van der Waals surface area contributed by atoms with Gasteiger partial charge in [0.25, 0.3) is 0 Å². The highest BCUT2D eigenvalue weighted by molar-refractivity contribution is 6.35. The minimum Gasteiger partial charge on any atom is -0.372 e. The molecule has 1 heterocycles. The van der Waals surface area contributed by atoms with Crippen LogP contribution in [0, 0.1) is 0 Å². The van der Waals surface area contributed by atoms with E-state index in [-0.39, 0.29) is 6.04 Å². The third-order valence-electron chi connectivity index (χ3n) is 4.23. The summed E-state index contributed by atoms with van der Waals surface area (Å²) in [6.07, 6.45) is 5.93. The molecule has 24 heavy (non-hydrogen) atoms. The van der Waals surface area contributed by atoms with Crippen LogP contribution in [0.3, 0.4) is 0 Å². The van der Waals surface area contributed by atoms with E-state index in [4.69, 9.17) is 0 Å². The van der Waals surface area contributed by atoms with Gasteiger partial charge in [0.05, 0.1) is 0 Å². The molecule has 0 radical (unpaired) electrons. The summed E-state index contributed by atoms with van der Waals surface area (Å²) in [5, 5.41) is 5.24. The number of nitrogens with one attached hydrogen (secondary N) is 2. The van der Waals surface area contributed by atoms with Crippen LogP contribution in [0.2, 0.25) is 0 Å². The number of carbonyl (C=O) groups is 2. The van der Waals surface area contributed by atoms with E-state index in [1.807, 2.05) is 13.8 Å². The number of hydrogen-bond donors (Lipinski definition) is 2. The Hall–Kier alpha value is -2.04. The zero-order valence-corrected chi connectivity index (χ0v) is 14.8. The quantitative estimate of drug-likeness (QED) is 0.814. The van der Waals surface area contributed by atoms with Crippen LogP contribution in [-0.4, -0.2) is 37.5 Å². The Morgan fingerprint density at radius 2 is 1.62 bits per heavy atom. The van der Waals surface area contributed by atoms with Gasteiger partial charge < -0.3 is 15.5 Å². The number of amides is 2. The van der Waals surface area contributed by atoms with E-state index in [0.717, 1.165) is 25.1 Å². The third kappa shape index (κ3) is 5.87. The smallest absolute Gasteiger partial charge is 0.309 e. The first-order valence-corrected chi connectivity index (χ1v) is 8.99. The predicted octanol–water partition coefficient (Wildman–Crippen LogP) is 2.25. The SMILES string of the molecule is CC(C)NC(=O)C(=O)NCCc1ccc(N2CCCCCC2)cc1. The van der Waals surface area contributed by atoms with Gasteiger partial charge in [0.1, 0.15) is 0 Å². The summed E-state index contributed by atoms with van der Waals surface area (Å²) in [5.74, 6) is -1.13. The Morgan fingerprint density at radius 1 is 1.00 bits per heavy atom. The van der Waals surface area contributed by atoms with Crippen molar-refractivity contribution >= 4 is 17.5 Å². The first-order valence-electron chi connectivity index (χ1n) is 8.99. The number of carbonyl (C=O) groups excluding carboxylic acids is 2. The van der Waals surface area contributed by atoms with Crippen molar-refractivity contribution in [3.05, 3.63) is 29.8 Å². The van der Waals surface area contributed by atoms with Gasteiger partial charge in [-0.3, -0.25) is 9.59 Å². The van der Waals surface area contributed by atoms with Crippen LogP contribution in [0.4, 0.5) is 5.69 Å². The Bertz CT molecular complexity index is 532. The van der Waals surface area contributed by atoms with Crippen LogP contribution in [0.1, 0.15) is 45.1 Å². The molecule has 0 aromatic heterocycles. The maximum Gasteiger partial charge on any atom is 0.309 e. The molecule has 2 rings (SSSR count). The number of hydrogen-bond acceptors (Lipinski definition) is 3. The van der Waals surface area contributed by atoms with Crippen LogP contribution >= 0.6 is 0 Å². The monoisotopic (exact) mass is 331 g/mol. The maximum atomic E-state index is 11.6. The van der Waals surface area contributed by atoms with Crippen molar-refractivity contribution in [1.29, 1.82) is 0 Å². The molecule has 2 amide bonds. The standard InChI is InChI=1S/C19H29N3O2/c1-15(2)21-19(24)18(23)20-12-11-16-7-9-17(10-8-16)22-13-5-3-4-6-14-22/h7-10,15H,3-6,11-14H2,1-2H3,(H,20,23)(H,21,24). The fourth-order valence-electron chi connectivity index (χ4n) is 2.93. The molecule has 0 unspecified atom stereocenters. The van der Waals surface area contributed by atoms with Crippen LogP contribution in [0.25, 0.3) is 0 Å². The minimum atomic E-state index is -0.568. The number of nitrogens with zero attached hydrogens (tertiary/aromatic N) is 1. The summed E-state index contributed by atoms with van der Waals surface area (Å²) >= 11 is 0. The fourth-order valence-corrected chi connectivity index (χ4v) is 2.93. The molecule has 1 aromatic carbocycles. The Labute approximate surface area is 144 Å². The fraction of sp³-hybridized carbons (Fsp3) is 0.579. The highest BCUT2D eigenvalue weighted by Crippen LogP contribution is 2.20. The Morgan fingerprint density at radius 3 is 2.21 bits per heavy atom. The van der Waals surface area contributed by atoms with Crippen molar-refractivity contribution < 1.29 is 9.59 Å². The average molecular weight is 331 g/mol. The minimum absolute atomic E-state index is 0.0326. The van der Waals surface area contributed by atoms with E-state index in [2.05, 4.69) is 39.8 Å². The van der Waals surface area contributed by atoms with Crippen molar-refractivity contribution in [3.8, 4) is 0 Å². The molecule has 0 bridgehead atoms. The number of benzene rings is 1. The van der Waals surface area contributed by atoms with E-state index >= 15 is 0 Å². The van der Waals surface area contributed by atoms with Crippen molar-refractivity contribution in [2.75, 3.05) is 24.5 Å². The molecule has 0 aliphatic carbocycles. The van der Waals surface area contributed by atoms with Gasteiger partial charge in [-0.1, -0.05) is 25.0 Å².